The predicted octanol–water partition coefficient (Wildman–Crippen LogP) is 8.02. The first kappa shape index (κ1) is 29.3. The quantitative estimate of drug-likeness (QED) is 0.132. The van der Waals surface area contributed by atoms with Crippen LogP contribution in [0.2, 0.25) is 0 Å². The molecule has 1 heterocycles. The molecule has 0 saturated carbocycles. The molecule has 0 fully saturated rings. The molecule has 33 heavy (non-hydrogen) atoms. The lowest BCUT2D eigenvalue weighted by atomic mass is 10.1. The third kappa shape index (κ3) is 19.4. The van der Waals surface area contributed by atoms with Crippen LogP contribution in [0.3, 0.4) is 0 Å². The van der Waals surface area contributed by atoms with Gasteiger partial charge in [0.15, 0.2) is 0 Å². The molecule has 5 nitrogen and oxygen atoms in total. The molecule has 0 aliphatic rings. The molecule has 1 rings (SSSR count). The van der Waals surface area contributed by atoms with Crippen LogP contribution in [0, 0.1) is 0 Å². The Labute approximate surface area is 203 Å². The van der Waals surface area contributed by atoms with Gasteiger partial charge in [0.05, 0.1) is 19.4 Å². The monoisotopic (exact) mass is 462 g/mol. The van der Waals surface area contributed by atoms with Gasteiger partial charge in [-0.25, -0.2) is 4.98 Å². The zero-order chi connectivity index (χ0) is 23.8. The third-order valence-electron chi connectivity index (χ3n) is 6.06. The second kappa shape index (κ2) is 22.0. The smallest absolute Gasteiger partial charge is 0.305 e. The predicted molar refractivity (Wildman–Crippen MR) is 139 cm³/mol. The summed E-state index contributed by atoms with van der Waals surface area (Å²) in [7, 11) is 0. The fraction of sp³-hybridized carbons (Fsp3) is 0.786. The molecule has 1 aromatic rings. The standard InChI is InChI=1S/C28H50N2O3/c1-2-3-4-5-6-7-9-13-16-19-24-33-28(31)20-17-14-11-8-10-12-15-18-23-32-26-21-22-27(29)30-25-26/h21-22,25H,2-20,23-24H2,1H3,(H2,29,30). The Morgan fingerprint density at radius 2 is 1.24 bits per heavy atom. The first-order chi connectivity index (χ1) is 16.2. The highest BCUT2D eigenvalue weighted by atomic mass is 16.5. The van der Waals surface area contributed by atoms with Gasteiger partial charge in [0.1, 0.15) is 11.6 Å². The SMILES string of the molecule is CCCCCCCCCCCCOC(=O)CCCCCCCCCCOc1ccc(N)nc1. The lowest BCUT2D eigenvalue weighted by Crippen LogP contribution is -2.05. The molecule has 0 amide bonds. The molecule has 1 aromatic heterocycles. The normalized spacial score (nSPS) is 10.9. The Kier molecular flexibility index (Phi) is 19.5. The number of nitrogens with two attached hydrogens (primary N) is 1. The summed E-state index contributed by atoms with van der Waals surface area (Å²) in [6.07, 6.45) is 24.6. The molecular weight excluding hydrogens is 412 g/mol. The van der Waals surface area contributed by atoms with E-state index in [0.717, 1.165) is 38.0 Å². The fourth-order valence-corrected chi connectivity index (χ4v) is 3.95. The van der Waals surface area contributed by atoms with Gasteiger partial charge in [-0.15, -0.1) is 0 Å². The van der Waals surface area contributed by atoms with Gasteiger partial charge in [-0.2, -0.15) is 0 Å². The molecule has 2 N–H and O–H groups in total. The van der Waals surface area contributed by atoms with Crippen LogP contribution in [-0.2, 0) is 9.53 Å². The Bertz CT molecular complexity index is 563. The van der Waals surface area contributed by atoms with Crippen molar-refractivity contribution in [3.05, 3.63) is 18.3 Å². The van der Waals surface area contributed by atoms with E-state index in [1.54, 1.807) is 12.3 Å². The minimum atomic E-state index is -0.0118. The van der Waals surface area contributed by atoms with Crippen molar-refractivity contribution in [1.82, 2.24) is 4.98 Å². The van der Waals surface area contributed by atoms with E-state index in [4.69, 9.17) is 15.2 Å². The Balaban J connectivity index is 1.75. The van der Waals surface area contributed by atoms with Gasteiger partial charge in [0.25, 0.3) is 0 Å². The summed E-state index contributed by atoms with van der Waals surface area (Å²) in [6, 6.07) is 3.61. The van der Waals surface area contributed by atoms with E-state index in [9.17, 15) is 4.79 Å². The van der Waals surface area contributed by atoms with Crippen molar-refractivity contribution in [3.8, 4) is 5.75 Å². The average Bonchev–Trinajstić information content (AvgIpc) is 2.82. The van der Waals surface area contributed by atoms with Crippen molar-refractivity contribution in [1.29, 1.82) is 0 Å². The molecule has 0 bridgehead atoms. The summed E-state index contributed by atoms with van der Waals surface area (Å²) in [5, 5.41) is 0. The number of hydrogen-bond donors (Lipinski definition) is 1. The van der Waals surface area contributed by atoms with Crippen LogP contribution in [0.5, 0.6) is 5.75 Å². The highest BCUT2D eigenvalue weighted by Gasteiger charge is 2.03. The molecule has 0 aromatic carbocycles. The number of nitrogen functional groups attached to an aromatic ring is 1. The lowest BCUT2D eigenvalue weighted by Gasteiger charge is -2.06. The van der Waals surface area contributed by atoms with Crippen LogP contribution in [0.15, 0.2) is 18.3 Å². The summed E-state index contributed by atoms with van der Waals surface area (Å²) in [4.78, 5) is 15.8. The van der Waals surface area contributed by atoms with Crippen molar-refractivity contribution in [2.45, 2.75) is 129 Å². The van der Waals surface area contributed by atoms with Crippen LogP contribution in [-0.4, -0.2) is 24.2 Å². The van der Waals surface area contributed by atoms with E-state index < -0.39 is 0 Å². The minimum absolute atomic E-state index is 0.0118. The Morgan fingerprint density at radius 3 is 1.79 bits per heavy atom. The molecule has 0 radical (unpaired) electrons. The van der Waals surface area contributed by atoms with E-state index in [0.29, 0.717) is 18.8 Å². The highest BCUT2D eigenvalue weighted by molar-refractivity contribution is 5.69. The number of pyridine rings is 1. The van der Waals surface area contributed by atoms with E-state index in [1.807, 2.05) is 6.07 Å². The first-order valence-electron chi connectivity index (χ1n) is 13.7. The van der Waals surface area contributed by atoms with Gasteiger partial charge >= 0.3 is 5.97 Å². The molecule has 0 atom stereocenters. The van der Waals surface area contributed by atoms with Crippen LogP contribution >= 0.6 is 0 Å². The van der Waals surface area contributed by atoms with Gasteiger partial charge in [0.2, 0.25) is 0 Å². The van der Waals surface area contributed by atoms with E-state index in [-0.39, 0.29) is 5.97 Å². The van der Waals surface area contributed by atoms with Gasteiger partial charge < -0.3 is 15.2 Å². The van der Waals surface area contributed by atoms with Crippen molar-refractivity contribution in [2.24, 2.45) is 0 Å². The highest BCUT2D eigenvalue weighted by Crippen LogP contribution is 2.13. The van der Waals surface area contributed by atoms with Gasteiger partial charge in [-0.05, 0) is 31.4 Å². The summed E-state index contributed by atoms with van der Waals surface area (Å²) in [6.45, 7) is 3.60. The summed E-state index contributed by atoms with van der Waals surface area (Å²) in [5.41, 5.74) is 5.56. The van der Waals surface area contributed by atoms with Crippen molar-refractivity contribution in [3.63, 3.8) is 0 Å². The van der Waals surface area contributed by atoms with Crippen molar-refractivity contribution >= 4 is 11.8 Å². The number of unbranched alkanes of at least 4 members (excludes halogenated alkanes) is 16. The third-order valence-corrected chi connectivity index (χ3v) is 6.06. The first-order valence-corrected chi connectivity index (χ1v) is 13.7. The van der Waals surface area contributed by atoms with Gasteiger partial charge in [-0.1, -0.05) is 103 Å². The minimum Gasteiger partial charge on any atom is -0.492 e. The van der Waals surface area contributed by atoms with Crippen LogP contribution < -0.4 is 10.5 Å². The maximum atomic E-state index is 11.8. The molecule has 0 aliphatic heterocycles. The number of ether oxygens (including phenoxy) is 2. The second-order valence-corrected chi connectivity index (χ2v) is 9.25. The largest absolute Gasteiger partial charge is 0.492 e. The molecule has 190 valence electrons. The van der Waals surface area contributed by atoms with Crippen molar-refractivity contribution < 1.29 is 14.3 Å². The molecule has 0 saturated heterocycles. The maximum Gasteiger partial charge on any atom is 0.305 e. The average molecular weight is 463 g/mol. The zero-order valence-corrected chi connectivity index (χ0v) is 21.3. The number of anilines is 1. The number of aromatic nitrogens is 1. The molecule has 0 aliphatic carbocycles. The summed E-state index contributed by atoms with van der Waals surface area (Å²) in [5.74, 6) is 1.29. The summed E-state index contributed by atoms with van der Waals surface area (Å²) < 4.78 is 11.0. The van der Waals surface area contributed by atoms with E-state index >= 15 is 0 Å². The molecule has 0 spiro atoms. The van der Waals surface area contributed by atoms with Crippen LogP contribution in [0.4, 0.5) is 5.82 Å². The number of carbonyl (C=O) groups is 1. The topological polar surface area (TPSA) is 74.4 Å². The van der Waals surface area contributed by atoms with E-state index in [2.05, 4.69) is 11.9 Å². The zero-order valence-electron chi connectivity index (χ0n) is 21.3. The Hall–Kier alpha value is -1.78. The number of hydrogen-bond acceptors (Lipinski definition) is 5. The second-order valence-electron chi connectivity index (χ2n) is 9.25. The number of rotatable bonds is 23. The number of carbonyl (C=O) groups excluding carboxylic acids is 1. The Morgan fingerprint density at radius 1 is 0.727 bits per heavy atom. The summed E-state index contributed by atoms with van der Waals surface area (Å²) >= 11 is 0. The van der Waals surface area contributed by atoms with Gasteiger partial charge in [-0.3, -0.25) is 4.79 Å². The van der Waals surface area contributed by atoms with Gasteiger partial charge in [0, 0.05) is 6.42 Å². The molecule has 5 heteroatoms. The maximum absolute atomic E-state index is 11.8. The fourth-order valence-electron chi connectivity index (χ4n) is 3.95. The lowest BCUT2D eigenvalue weighted by molar-refractivity contribution is -0.143. The molecular formula is C28H50N2O3. The number of nitrogens with zero attached hydrogens (tertiary/aromatic N) is 1. The number of esters is 1. The van der Waals surface area contributed by atoms with Crippen LogP contribution in [0.25, 0.3) is 0 Å². The van der Waals surface area contributed by atoms with E-state index in [1.165, 1.54) is 89.9 Å². The van der Waals surface area contributed by atoms with Crippen molar-refractivity contribution in [2.75, 3.05) is 18.9 Å². The molecule has 0 unspecified atom stereocenters. The van der Waals surface area contributed by atoms with Crippen LogP contribution in [0.1, 0.15) is 129 Å².